The van der Waals surface area contributed by atoms with Gasteiger partial charge >= 0.3 is 51.4 Å². The third kappa shape index (κ3) is 5.15. The van der Waals surface area contributed by atoms with Crippen LogP contribution < -0.4 is 56.7 Å². The predicted octanol–water partition coefficient (Wildman–Crippen LogP) is -0.000800. The molecule has 4 rings (SSSR count). The number of urea groups is 1. The molecule has 1 aliphatic heterocycles. The molecule has 0 atom stereocenters. The molecule has 1 aromatic rings. The summed E-state index contributed by atoms with van der Waals surface area (Å²) in [5.74, 6) is -0.0918. The molecular weight excluding hydrogens is 389 g/mol. The number of hydrogen-bond donors (Lipinski definition) is 1. The van der Waals surface area contributed by atoms with E-state index in [9.17, 15) is 13.2 Å². The molecule has 0 unspecified atom stereocenters. The Morgan fingerprint density at radius 3 is 2.19 bits per heavy atom. The smallest absolute Gasteiger partial charge is 0.423 e. The minimum absolute atomic E-state index is 0. The minimum atomic E-state index is -3.75. The van der Waals surface area contributed by atoms with Gasteiger partial charge in [-0.2, -0.15) is 0 Å². The maximum atomic E-state index is 12.4. The van der Waals surface area contributed by atoms with Crippen molar-refractivity contribution in [2.24, 2.45) is 0 Å². The molecule has 0 bridgehead atoms. The van der Waals surface area contributed by atoms with E-state index in [1.807, 2.05) is 0 Å². The van der Waals surface area contributed by atoms with E-state index in [0.717, 1.165) is 70.1 Å². The molecule has 1 N–H and O–H groups in total. The van der Waals surface area contributed by atoms with E-state index in [4.69, 9.17) is 0 Å². The first-order chi connectivity index (χ1) is 12.5. The fraction of sp³-hybridized carbons (Fsp3) is 0.632. The molecule has 27 heavy (non-hydrogen) atoms. The number of carbonyl (C=O) groups is 1. The molecule has 6 nitrogen and oxygen atoms in total. The third-order valence-corrected chi connectivity index (χ3v) is 6.93. The number of anilines is 1. The fourth-order valence-electron chi connectivity index (χ4n) is 4.52. The van der Waals surface area contributed by atoms with Gasteiger partial charge in [-0.1, -0.05) is 6.07 Å². The summed E-state index contributed by atoms with van der Waals surface area (Å²) >= 11 is 0. The summed E-state index contributed by atoms with van der Waals surface area (Å²) in [6, 6.07) is 1.53. The molecule has 2 aliphatic carbocycles. The molecule has 1 saturated heterocycles. The number of aryl methyl sites for hydroxylation is 2. The number of likely N-dealkylation sites (tertiary alicyclic amines) is 1. The maximum absolute atomic E-state index is 12.4. The number of fused-ring (bicyclic) bond motifs is 2. The van der Waals surface area contributed by atoms with Crippen molar-refractivity contribution in [2.75, 3.05) is 30.7 Å². The third-order valence-electron chi connectivity index (χ3n) is 5.79. The van der Waals surface area contributed by atoms with Crippen LogP contribution in [0.5, 0.6) is 0 Å². The Kier molecular flexibility index (Phi) is 7.44. The Bertz CT molecular complexity index is 788. The molecule has 142 valence electrons. The van der Waals surface area contributed by atoms with E-state index in [-0.39, 0.29) is 57.1 Å². The van der Waals surface area contributed by atoms with Crippen molar-refractivity contribution in [3.8, 4) is 0 Å². The summed E-state index contributed by atoms with van der Waals surface area (Å²) in [5, 5.41) is 2.83. The molecular formula is C19H26KN3O3S. The first kappa shape index (κ1) is 21.7. The second-order valence-electron chi connectivity index (χ2n) is 7.59. The van der Waals surface area contributed by atoms with E-state index in [0.29, 0.717) is 6.54 Å². The summed E-state index contributed by atoms with van der Waals surface area (Å²) in [6.07, 6.45) is 8.37. The quantitative estimate of drug-likeness (QED) is 0.687. The van der Waals surface area contributed by atoms with Gasteiger partial charge in [0, 0.05) is 6.54 Å². The standard InChI is InChI=1S/C19H27N3O3S.K/c23-19(21-26(24,25)12-11-22-9-1-2-10-22)20-18-16-7-3-5-14(16)13-15-6-4-8-17(15)18;/h13H,1-12H2,(H2,20,21,23);/q;+1/p-1. The van der Waals surface area contributed by atoms with Gasteiger partial charge < -0.3 is 14.9 Å². The van der Waals surface area contributed by atoms with Crippen molar-refractivity contribution in [1.29, 1.82) is 0 Å². The second kappa shape index (κ2) is 9.24. The Morgan fingerprint density at radius 1 is 1.00 bits per heavy atom. The number of benzene rings is 1. The van der Waals surface area contributed by atoms with E-state index >= 15 is 0 Å². The van der Waals surface area contributed by atoms with E-state index < -0.39 is 16.1 Å². The van der Waals surface area contributed by atoms with Gasteiger partial charge in [0.1, 0.15) is 0 Å². The zero-order valence-corrected chi connectivity index (χ0v) is 20.0. The van der Waals surface area contributed by atoms with Crippen LogP contribution in [0.4, 0.5) is 10.5 Å². The van der Waals surface area contributed by atoms with Crippen LogP contribution >= 0.6 is 0 Å². The number of hydrogen-bond acceptors (Lipinski definition) is 4. The summed E-state index contributed by atoms with van der Waals surface area (Å²) in [6.45, 7) is 2.32. The minimum Gasteiger partial charge on any atom is -0.423 e. The van der Waals surface area contributed by atoms with Gasteiger partial charge in [-0.05, 0) is 92.4 Å². The molecule has 1 aromatic carbocycles. The molecule has 2 amide bonds. The van der Waals surface area contributed by atoms with Gasteiger partial charge in [0.2, 0.25) is 0 Å². The molecule has 0 saturated carbocycles. The topological polar surface area (TPSA) is 80.6 Å². The molecule has 0 aromatic heterocycles. The van der Waals surface area contributed by atoms with Crippen LogP contribution in [0.15, 0.2) is 6.07 Å². The first-order valence-corrected chi connectivity index (χ1v) is 11.3. The van der Waals surface area contributed by atoms with Gasteiger partial charge in [0.25, 0.3) is 0 Å². The van der Waals surface area contributed by atoms with Crippen molar-refractivity contribution in [1.82, 2.24) is 4.90 Å². The number of nitrogens with one attached hydrogen (secondary N) is 1. The van der Waals surface area contributed by atoms with Gasteiger partial charge in [0.15, 0.2) is 16.1 Å². The number of carbonyl (C=O) groups excluding carboxylic acids is 1. The van der Waals surface area contributed by atoms with Gasteiger partial charge in [-0.3, -0.25) is 4.79 Å². The normalized spacial score (nSPS) is 18.7. The average molecular weight is 416 g/mol. The number of nitrogens with zero attached hydrogens (tertiary/aromatic N) is 2. The van der Waals surface area contributed by atoms with Gasteiger partial charge in [0.05, 0.1) is 5.75 Å². The average Bonchev–Trinajstić information content (AvgIpc) is 3.33. The Morgan fingerprint density at radius 2 is 1.59 bits per heavy atom. The molecule has 8 heteroatoms. The number of amides is 2. The SMILES string of the molecule is O=C([N-]S(=O)(=O)CCN1CCCC1)Nc1c2c(cc3c1CCC3)CCC2.[K+]. The predicted molar refractivity (Wildman–Crippen MR) is 102 cm³/mol. The van der Waals surface area contributed by atoms with Crippen molar-refractivity contribution >= 4 is 21.7 Å². The zero-order valence-electron chi connectivity index (χ0n) is 16.1. The number of rotatable bonds is 5. The van der Waals surface area contributed by atoms with Crippen LogP contribution in [-0.2, 0) is 35.7 Å². The van der Waals surface area contributed by atoms with Crippen LogP contribution in [0.2, 0.25) is 0 Å². The van der Waals surface area contributed by atoms with Crippen LogP contribution in [0.3, 0.4) is 0 Å². The van der Waals surface area contributed by atoms with Crippen LogP contribution in [0, 0.1) is 0 Å². The molecule has 1 heterocycles. The van der Waals surface area contributed by atoms with Crippen molar-refractivity contribution in [2.45, 2.75) is 51.4 Å². The monoisotopic (exact) mass is 415 g/mol. The van der Waals surface area contributed by atoms with E-state index in [1.165, 1.54) is 22.3 Å². The Balaban J connectivity index is 0.00000210. The molecule has 0 radical (unpaired) electrons. The summed E-state index contributed by atoms with van der Waals surface area (Å²) in [4.78, 5) is 14.5. The first-order valence-electron chi connectivity index (χ1n) is 9.67. The van der Waals surface area contributed by atoms with Gasteiger partial charge in [-0.15, -0.1) is 0 Å². The van der Waals surface area contributed by atoms with E-state index in [2.05, 4.69) is 21.0 Å². The summed E-state index contributed by atoms with van der Waals surface area (Å²) in [7, 11) is -3.75. The Labute approximate surface area is 204 Å². The van der Waals surface area contributed by atoms with Crippen molar-refractivity contribution in [3.05, 3.63) is 33.0 Å². The van der Waals surface area contributed by atoms with Gasteiger partial charge in [-0.25, -0.2) is 8.42 Å². The van der Waals surface area contributed by atoms with Crippen molar-refractivity contribution < 1.29 is 64.6 Å². The largest absolute Gasteiger partial charge is 1.00 e. The number of sulfonamides is 1. The van der Waals surface area contributed by atoms with Crippen LogP contribution in [0.1, 0.15) is 47.9 Å². The van der Waals surface area contributed by atoms with Crippen molar-refractivity contribution in [3.63, 3.8) is 0 Å². The molecule has 1 fully saturated rings. The summed E-state index contributed by atoms with van der Waals surface area (Å²) in [5.41, 5.74) is 5.82. The van der Waals surface area contributed by atoms with Crippen LogP contribution in [-0.4, -0.2) is 44.7 Å². The molecule has 3 aliphatic rings. The Hall–Kier alpha value is 0.0364. The second-order valence-corrected chi connectivity index (χ2v) is 9.34. The maximum Gasteiger partial charge on any atom is 1.00 e. The van der Waals surface area contributed by atoms with Crippen LogP contribution in [0.25, 0.3) is 4.72 Å². The van der Waals surface area contributed by atoms with E-state index in [1.54, 1.807) is 0 Å². The zero-order chi connectivity index (χ0) is 18.1. The molecule has 0 spiro atoms. The summed E-state index contributed by atoms with van der Waals surface area (Å²) < 4.78 is 27.9. The fourth-order valence-corrected chi connectivity index (χ4v) is 5.40.